The molecule has 2 rings (SSSR count). The molecule has 0 saturated carbocycles. The number of fused-ring (bicyclic) bond motifs is 1. The van der Waals surface area contributed by atoms with Crippen molar-refractivity contribution in [1.82, 2.24) is 19.6 Å². The summed E-state index contributed by atoms with van der Waals surface area (Å²) in [6, 6.07) is 0. The molecular weight excluding hydrogens is 287 g/mol. The van der Waals surface area contributed by atoms with Crippen molar-refractivity contribution in [3.8, 4) is 0 Å². The molecule has 0 aliphatic rings. The highest BCUT2D eigenvalue weighted by atomic mass is 35.7. The minimum Gasteiger partial charge on any atom is -0.223 e. The van der Waals surface area contributed by atoms with Gasteiger partial charge in [0.1, 0.15) is 11.3 Å². The molecule has 0 unspecified atom stereocenters. The Bertz CT molecular complexity index is 637. The van der Waals surface area contributed by atoms with Gasteiger partial charge in [0.2, 0.25) is 0 Å². The van der Waals surface area contributed by atoms with Gasteiger partial charge in [0.15, 0.2) is 10.8 Å². The normalized spacial score (nSPS) is 12.2. The third-order valence-corrected chi connectivity index (χ3v) is 3.24. The van der Waals surface area contributed by atoms with Gasteiger partial charge in [0, 0.05) is 10.7 Å². The maximum Gasteiger partial charge on any atom is 0.298 e. The number of halogens is 3. The summed E-state index contributed by atoms with van der Waals surface area (Å²) in [6.07, 6.45) is 1.18. The first-order valence-corrected chi connectivity index (χ1v) is 6.47. The van der Waals surface area contributed by atoms with Crippen molar-refractivity contribution in [2.24, 2.45) is 0 Å². The molecule has 0 spiro atoms. The van der Waals surface area contributed by atoms with Crippen LogP contribution in [0.25, 0.3) is 5.65 Å². The Morgan fingerprint density at radius 3 is 2.60 bits per heavy atom. The summed E-state index contributed by atoms with van der Waals surface area (Å²) < 4.78 is 22.9. The second kappa shape index (κ2) is 3.44. The molecule has 2 heterocycles. The molecule has 0 saturated heterocycles. The summed E-state index contributed by atoms with van der Waals surface area (Å²) >= 11 is 11.3. The van der Waals surface area contributed by atoms with Gasteiger partial charge in [-0.05, 0) is 0 Å². The summed E-state index contributed by atoms with van der Waals surface area (Å²) in [6.45, 7) is 0. The molecule has 6 nitrogen and oxygen atoms in total. The molecule has 0 fully saturated rings. The minimum absolute atomic E-state index is 0.00934. The Labute approximate surface area is 98.2 Å². The molecule has 0 atom stereocenters. The van der Waals surface area contributed by atoms with Crippen LogP contribution >= 0.6 is 33.9 Å². The summed E-state index contributed by atoms with van der Waals surface area (Å²) in [5, 5.41) is 3.04. The zero-order chi connectivity index (χ0) is 11.2. The monoisotopic (exact) mass is 286 g/mol. The summed E-state index contributed by atoms with van der Waals surface area (Å²) in [5.41, 5.74) is 0.0795. The van der Waals surface area contributed by atoms with Crippen molar-refractivity contribution in [1.29, 1.82) is 0 Å². The van der Waals surface area contributed by atoms with E-state index in [-0.39, 0.29) is 15.8 Å². The lowest BCUT2D eigenvalue weighted by Gasteiger charge is -1.93. The van der Waals surface area contributed by atoms with Gasteiger partial charge in [-0.1, -0.05) is 23.2 Å². The van der Waals surface area contributed by atoms with Crippen molar-refractivity contribution in [2.45, 2.75) is 5.16 Å². The van der Waals surface area contributed by atoms with Crippen molar-refractivity contribution in [3.05, 3.63) is 16.5 Å². The van der Waals surface area contributed by atoms with Gasteiger partial charge < -0.3 is 0 Å². The van der Waals surface area contributed by atoms with E-state index in [9.17, 15) is 8.42 Å². The number of rotatable bonds is 1. The average Bonchev–Trinajstić information content (AvgIpc) is 2.55. The molecule has 0 aliphatic heterocycles. The fourth-order valence-electron chi connectivity index (χ4n) is 0.891. The lowest BCUT2D eigenvalue weighted by atomic mass is 10.6. The Kier molecular flexibility index (Phi) is 2.50. The highest BCUT2D eigenvalue weighted by Crippen LogP contribution is 2.23. The Hall–Kier alpha value is -0.630. The van der Waals surface area contributed by atoms with E-state index in [0.717, 1.165) is 4.52 Å². The SMILES string of the molecule is O=S(=O)(Cl)c1nc2c(Cl)c(Cl)ncn2n1. The Morgan fingerprint density at radius 2 is 2.00 bits per heavy atom. The first-order valence-electron chi connectivity index (χ1n) is 3.40. The highest BCUT2D eigenvalue weighted by Gasteiger charge is 2.19. The lowest BCUT2D eigenvalue weighted by molar-refractivity contribution is 0.601. The first kappa shape index (κ1) is 10.9. The van der Waals surface area contributed by atoms with Crippen LogP contribution in [0.2, 0.25) is 10.2 Å². The fourth-order valence-corrected chi connectivity index (χ4v) is 1.77. The Morgan fingerprint density at radius 1 is 1.33 bits per heavy atom. The van der Waals surface area contributed by atoms with E-state index in [1.807, 2.05) is 0 Å². The average molecular weight is 288 g/mol. The van der Waals surface area contributed by atoms with E-state index in [1.54, 1.807) is 0 Å². The molecule has 2 aromatic heterocycles. The van der Waals surface area contributed by atoms with Gasteiger partial charge in [0.25, 0.3) is 14.2 Å². The minimum atomic E-state index is -3.99. The maximum absolute atomic E-state index is 10.9. The Balaban J connectivity index is 2.83. The molecule has 10 heteroatoms. The predicted molar refractivity (Wildman–Crippen MR) is 53.8 cm³/mol. The number of hydrogen-bond acceptors (Lipinski definition) is 5. The molecule has 0 radical (unpaired) electrons. The first-order chi connectivity index (χ1) is 6.89. The standard InChI is InChI=1S/C5HCl3N4O2S/c6-2-3(7)9-1-12-4(2)10-5(11-12)15(8,13)14/h1H. The summed E-state index contributed by atoms with van der Waals surface area (Å²) in [5.74, 6) is 0. The van der Waals surface area contributed by atoms with Gasteiger partial charge in [-0.15, -0.1) is 5.10 Å². The summed E-state index contributed by atoms with van der Waals surface area (Å²) in [7, 11) is 1.06. The zero-order valence-electron chi connectivity index (χ0n) is 6.72. The number of nitrogens with zero attached hydrogens (tertiary/aromatic N) is 4. The van der Waals surface area contributed by atoms with Crippen LogP contribution in [0.5, 0.6) is 0 Å². The van der Waals surface area contributed by atoms with Crippen molar-refractivity contribution >= 4 is 48.6 Å². The van der Waals surface area contributed by atoms with E-state index in [4.69, 9.17) is 33.9 Å². The maximum atomic E-state index is 10.9. The van der Waals surface area contributed by atoms with E-state index in [2.05, 4.69) is 15.1 Å². The molecule has 80 valence electrons. The molecule has 0 bridgehead atoms. The number of hydrogen-bond donors (Lipinski definition) is 0. The van der Waals surface area contributed by atoms with Crippen LogP contribution < -0.4 is 0 Å². The van der Waals surface area contributed by atoms with Crippen LogP contribution in [0.15, 0.2) is 11.5 Å². The van der Waals surface area contributed by atoms with Crippen LogP contribution in [-0.4, -0.2) is 28.0 Å². The van der Waals surface area contributed by atoms with Crippen LogP contribution in [0.3, 0.4) is 0 Å². The smallest absolute Gasteiger partial charge is 0.223 e. The third-order valence-electron chi connectivity index (χ3n) is 1.49. The van der Waals surface area contributed by atoms with Crippen LogP contribution in [-0.2, 0) is 9.05 Å². The van der Waals surface area contributed by atoms with Gasteiger partial charge >= 0.3 is 0 Å². The molecule has 0 amide bonds. The van der Waals surface area contributed by atoms with Crippen LogP contribution in [0.1, 0.15) is 0 Å². The molecule has 2 aromatic rings. The molecule has 0 aromatic carbocycles. The second-order valence-electron chi connectivity index (χ2n) is 2.45. The predicted octanol–water partition coefficient (Wildman–Crippen LogP) is 1.36. The lowest BCUT2D eigenvalue weighted by Crippen LogP contribution is -1.94. The fraction of sp³-hybridized carbons (Fsp3) is 0. The van der Waals surface area contributed by atoms with Gasteiger partial charge in [-0.3, -0.25) is 0 Å². The second-order valence-corrected chi connectivity index (χ2v) is 5.65. The topological polar surface area (TPSA) is 77.2 Å². The van der Waals surface area contributed by atoms with Crippen molar-refractivity contribution in [3.63, 3.8) is 0 Å². The van der Waals surface area contributed by atoms with E-state index in [0.29, 0.717) is 0 Å². The van der Waals surface area contributed by atoms with Gasteiger partial charge in [-0.2, -0.15) is 9.50 Å². The molecular formula is C5HCl3N4O2S. The van der Waals surface area contributed by atoms with Crippen LogP contribution in [0, 0.1) is 0 Å². The van der Waals surface area contributed by atoms with E-state index < -0.39 is 14.2 Å². The van der Waals surface area contributed by atoms with Crippen molar-refractivity contribution < 1.29 is 8.42 Å². The molecule has 15 heavy (non-hydrogen) atoms. The third kappa shape index (κ3) is 1.87. The zero-order valence-corrected chi connectivity index (χ0v) is 9.81. The van der Waals surface area contributed by atoms with Crippen molar-refractivity contribution in [2.75, 3.05) is 0 Å². The molecule has 0 N–H and O–H groups in total. The van der Waals surface area contributed by atoms with Gasteiger partial charge in [0.05, 0.1) is 0 Å². The summed E-state index contributed by atoms with van der Waals surface area (Å²) in [4.78, 5) is 7.28. The largest absolute Gasteiger partial charge is 0.298 e. The molecule has 0 aliphatic carbocycles. The van der Waals surface area contributed by atoms with E-state index >= 15 is 0 Å². The van der Waals surface area contributed by atoms with Crippen LogP contribution in [0.4, 0.5) is 0 Å². The van der Waals surface area contributed by atoms with Gasteiger partial charge in [-0.25, -0.2) is 13.4 Å². The highest BCUT2D eigenvalue weighted by molar-refractivity contribution is 8.13. The number of aromatic nitrogens is 4. The quantitative estimate of drug-likeness (QED) is 0.584. The van der Waals surface area contributed by atoms with E-state index in [1.165, 1.54) is 6.33 Å².